The molecule has 39 heavy (non-hydrogen) atoms. The Morgan fingerprint density at radius 1 is 1.23 bits per heavy atom. The van der Waals surface area contributed by atoms with Gasteiger partial charge in [0.05, 0.1) is 18.8 Å². The highest BCUT2D eigenvalue weighted by molar-refractivity contribution is 6.72. The predicted molar refractivity (Wildman–Crippen MR) is 149 cm³/mol. The summed E-state index contributed by atoms with van der Waals surface area (Å²) in [6.45, 7) is 6.73. The molecule has 0 fully saturated rings. The molecule has 0 saturated carbocycles. The van der Waals surface area contributed by atoms with Crippen LogP contribution < -0.4 is 10.1 Å². The van der Waals surface area contributed by atoms with E-state index >= 15 is 4.11 Å². The van der Waals surface area contributed by atoms with Crippen LogP contribution in [0.3, 0.4) is 0 Å². The molecule has 2 aliphatic rings. The van der Waals surface area contributed by atoms with Crippen molar-refractivity contribution in [3.05, 3.63) is 59.2 Å². The fourth-order valence-electron chi connectivity index (χ4n) is 5.80. The molecule has 2 aliphatic heterocycles. The normalized spacial score (nSPS) is 24.2. The smallest absolute Gasteiger partial charge is 0.252 e. The van der Waals surface area contributed by atoms with Gasteiger partial charge >= 0.3 is 0 Å². The number of aliphatic hydroxyl groups excluding tert-OH is 2. The van der Waals surface area contributed by atoms with Crippen LogP contribution >= 0.6 is 0 Å². The number of hydrogen-bond acceptors (Lipinski definition) is 6. The van der Waals surface area contributed by atoms with Gasteiger partial charge in [-0.2, -0.15) is 0 Å². The van der Waals surface area contributed by atoms with Crippen LogP contribution in [0.5, 0.6) is 5.75 Å². The minimum Gasteiger partial charge on any atom is -0.490 e. The third kappa shape index (κ3) is 6.19. The first-order chi connectivity index (χ1) is 18.4. The van der Waals surface area contributed by atoms with Gasteiger partial charge in [0.15, 0.2) is 0 Å². The van der Waals surface area contributed by atoms with Crippen molar-refractivity contribution in [2.24, 2.45) is 5.92 Å². The molecule has 0 saturated heterocycles. The minimum absolute atomic E-state index is 0.0301. The zero-order valence-corrected chi connectivity index (χ0v) is 24.2. The van der Waals surface area contributed by atoms with E-state index in [-0.39, 0.29) is 30.9 Å². The number of ether oxygens (including phenoxy) is 2. The minimum atomic E-state index is -3.43. The summed E-state index contributed by atoms with van der Waals surface area (Å²) in [5.41, 5.74) is 2.70. The van der Waals surface area contributed by atoms with E-state index < -0.39 is 38.2 Å². The standard InChI is InChI=1S/C29H39FN2O6Si/c1-17-27(37-3)23-13-21(31-29(36)18(2)34)10-11-24(23)38-28(17)25(39(4,5)30)14-26(35)32-15-20-9-7-6-8-19(20)12-22(32)16-33/h6-11,13,17-18,22,25,27-28,33-34H,12,14-16H2,1-5H3,(H,31,36)/t17-,18-,22-,25?,27-,28-/m0/s1. The molecular weight excluding hydrogens is 519 g/mol. The molecule has 2 amide bonds. The SMILES string of the molecule is CO[C@@H]1c2cc(NC(=O)[C@H](C)O)ccc2O[C@H](C(CC(=O)N2Cc3ccccc3C[C@H]2CO)[Si](C)(C)F)[C@H]1C. The largest absolute Gasteiger partial charge is 0.490 e. The Labute approximate surface area is 230 Å². The molecular formula is C29H39FN2O6Si. The van der Waals surface area contributed by atoms with Crippen LogP contribution in [0.2, 0.25) is 18.6 Å². The van der Waals surface area contributed by atoms with Crippen molar-refractivity contribution in [3.8, 4) is 5.75 Å². The molecule has 8 nitrogen and oxygen atoms in total. The maximum absolute atomic E-state index is 16.0. The monoisotopic (exact) mass is 558 g/mol. The van der Waals surface area contributed by atoms with Crippen molar-refractivity contribution in [1.82, 2.24) is 4.90 Å². The number of amides is 2. The lowest BCUT2D eigenvalue weighted by Crippen LogP contribution is -2.50. The molecule has 2 heterocycles. The van der Waals surface area contributed by atoms with Gasteiger partial charge in [0, 0.05) is 42.8 Å². The number of aliphatic hydroxyl groups is 2. The van der Waals surface area contributed by atoms with E-state index in [1.54, 1.807) is 43.3 Å². The van der Waals surface area contributed by atoms with Crippen LogP contribution in [0, 0.1) is 5.92 Å². The molecule has 2 aromatic rings. The molecule has 4 rings (SSSR count). The van der Waals surface area contributed by atoms with Crippen LogP contribution in [0.4, 0.5) is 9.80 Å². The van der Waals surface area contributed by atoms with Gasteiger partial charge in [-0.15, -0.1) is 0 Å². The Bertz CT molecular complexity index is 1200. The third-order valence-corrected chi connectivity index (χ3v) is 10.3. The second-order valence-electron chi connectivity index (χ2n) is 11.2. The molecule has 10 heteroatoms. The first-order valence-corrected chi connectivity index (χ1v) is 16.4. The van der Waals surface area contributed by atoms with Crippen LogP contribution in [0.25, 0.3) is 0 Å². The molecule has 1 unspecified atom stereocenters. The van der Waals surface area contributed by atoms with E-state index in [9.17, 15) is 19.8 Å². The molecule has 2 aromatic carbocycles. The first-order valence-electron chi connectivity index (χ1n) is 13.4. The summed E-state index contributed by atoms with van der Waals surface area (Å²) in [4.78, 5) is 27.4. The van der Waals surface area contributed by atoms with Crippen molar-refractivity contribution in [2.45, 2.75) is 76.2 Å². The zero-order valence-electron chi connectivity index (χ0n) is 23.2. The number of rotatable bonds is 8. The van der Waals surface area contributed by atoms with Crippen LogP contribution in [0.15, 0.2) is 42.5 Å². The van der Waals surface area contributed by atoms with E-state index in [4.69, 9.17) is 9.47 Å². The summed E-state index contributed by atoms with van der Waals surface area (Å²) >= 11 is 0. The zero-order chi connectivity index (χ0) is 28.5. The molecule has 212 valence electrons. The van der Waals surface area contributed by atoms with Gasteiger partial charge in [0.25, 0.3) is 5.91 Å². The Balaban J connectivity index is 1.60. The lowest BCUT2D eigenvalue weighted by molar-refractivity contribution is -0.136. The summed E-state index contributed by atoms with van der Waals surface area (Å²) in [5.74, 6) is -0.507. The highest BCUT2D eigenvalue weighted by Gasteiger charge is 2.49. The first kappa shape index (κ1) is 29.2. The highest BCUT2D eigenvalue weighted by atomic mass is 28.4. The highest BCUT2D eigenvalue weighted by Crippen LogP contribution is 2.48. The molecule has 0 aliphatic carbocycles. The van der Waals surface area contributed by atoms with Crippen molar-refractivity contribution < 1.29 is 33.4 Å². The van der Waals surface area contributed by atoms with Gasteiger partial charge in [-0.05, 0) is 55.8 Å². The van der Waals surface area contributed by atoms with E-state index in [1.807, 2.05) is 31.2 Å². The molecule has 6 atom stereocenters. The molecule has 0 spiro atoms. The van der Waals surface area contributed by atoms with E-state index in [1.165, 1.54) is 6.92 Å². The molecule has 0 bridgehead atoms. The second kappa shape index (κ2) is 11.8. The average molecular weight is 559 g/mol. The Morgan fingerprint density at radius 3 is 2.54 bits per heavy atom. The Morgan fingerprint density at radius 2 is 1.92 bits per heavy atom. The van der Waals surface area contributed by atoms with E-state index in [0.29, 0.717) is 30.0 Å². The summed E-state index contributed by atoms with van der Waals surface area (Å²) in [6, 6.07) is 12.6. The van der Waals surface area contributed by atoms with Gasteiger partial charge in [0.2, 0.25) is 14.3 Å². The number of nitrogens with one attached hydrogen (secondary N) is 1. The number of nitrogens with zero attached hydrogens (tertiary/aromatic N) is 1. The van der Waals surface area contributed by atoms with Crippen molar-refractivity contribution >= 4 is 25.9 Å². The van der Waals surface area contributed by atoms with Crippen LogP contribution in [-0.4, -0.2) is 67.3 Å². The number of carbonyl (C=O) groups excluding carboxylic acids is 2. The number of fused-ring (bicyclic) bond motifs is 2. The van der Waals surface area contributed by atoms with Gasteiger partial charge in [-0.25, -0.2) is 0 Å². The number of anilines is 1. The number of carbonyl (C=O) groups is 2. The van der Waals surface area contributed by atoms with Crippen molar-refractivity contribution in [3.63, 3.8) is 0 Å². The summed E-state index contributed by atoms with van der Waals surface area (Å²) in [5, 5.41) is 22.3. The fraction of sp³-hybridized carbons (Fsp3) is 0.517. The fourth-order valence-corrected chi connectivity index (χ4v) is 7.61. The molecule has 0 aromatic heterocycles. The number of benzene rings is 2. The lowest BCUT2D eigenvalue weighted by atomic mass is 9.86. The van der Waals surface area contributed by atoms with E-state index in [2.05, 4.69) is 5.32 Å². The predicted octanol–water partition coefficient (Wildman–Crippen LogP) is 3.97. The van der Waals surface area contributed by atoms with Gasteiger partial charge in [-0.1, -0.05) is 31.2 Å². The lowest BCUT2D eigenvalue weighted by Gasteiger charge is -2.44. The average Bonchev–Trinajstić information content (AvgIpc) is 2.90. The number of hydrogen-bond donors (Lipinski definition) is 3. The maximum Gasteiger partial charge on any atom is 0.252 e. The topological polar surface area (TPSA) is 108 Å². The van der Waals surface area contributed by atoms with Crippen molar-refractivity contribution in [1.29, 1.82) is 0 Å². The van der Waals surface area contributed by atoms with Crippen LogP contribution in [-0.2, 0) is 27.3 Å². The number of halogens is 1. The van der Waals surface area contributed by atoms with Gasteiger partial charge in [-0.3, -0.25) is 9.59 Å². The number of methoxy groups -OCH3 is 1. The second-order valence-corrected chi connectivity index (χ2v) is 15.1. The maximum atomic E-state index is 16.0. The van der Waals surface area contributed by atoms with Gasteiger partial charge in [0.1, 0.15) is 18.0 Å². The molecule has 0 radical (unpaired) electrons. The third-order valence-electron chi connectivity index (χ3n) is 8.04. The quantitative estimate of drug-likeness (QED) is 0.334. The Kier molecular flexibility index (Phi) is 8.80. The van der Waals surface area contributed by atoms with Crippen molar-refractivity contribution in [2.75, 3.05) is 19.0 Å². The van der Waals surface area contributed by atoms with E-state index in [0.717, 1.165) is 11.1 Å². The Hall–Kier alpha value is -2.79. The summed E-state index contributed by atoms with van der Waals surface area (Å²) < 4.78 is 28.2. The van der Waals surface area contributed by atoms with Gasteiger partial charge < -0.3 is 34.0 Å². The summed E-state index contributed by atoms with van der Waals surface area (Å²) in [7, 11) is -1.86. The van der Waals surface area contributed by atoms with Crippen LogP contribution in [0.1, 0.15) is 43.1 Å². The summed E-state index contributed by atoms with van der Waals surface area (Å²) in [6.07, 6.45) is -1.70. The molecule has 3 N–H and O–H groups in total.